The molecule has 0 aromatic rings. The zero-order valence-corrected chi connectivity index (χ0v) is 14.9. The number of carbonyl (C=O) groups is 2. The van der Waals surface area contributed by atoms with Gasteiger partial charge in [0, 0.05) is 11.3 Å². The average Bonchev–Trinajstić information content (AvgIpc) is 2.54. The summed E-state index contributed by atoms with van der Waals surface area (Å²) in [6.45, 7) is 11.3. The molecule has 0 saturated carbocycles. The molecule has 0 amide bonds. The van der Waals surface area contributed by atoms with E-state index in [2.05, 4.69) is 13.2 Å². The molecule has 0 atom stereocenters. The Hall–Kier alpha value is -1.81. The second-order valence-electron chi connectivity index (χ2n) is 4.84. The number of rotatable bonds is 11. The fraction of sp³-hybridized carbons (Fsp3) is 0.263. The van der Waals surface area contributed by atoms with Crippen molar-refractivity contribution in [1.82, 2.24) is 0 Å². The molecule has 0 fully saturated rings. The van der Waals surface area contributed by atoms with E-state index >= 15 is 0 Å². The maximum Gasteiger partial charge on any atom is 0.218 e. The van der Waals surface area contributed by atoms with Crippen LogP contribution in [0.1, 0.15) is 20.3 Å². The first-order valence-electron chi connectivity index (χ1n) is 7.69. The summed E-state index contributed by atoms with van der Waals surface area (Å²) in [5.74, 6) is 0.698. The molecule has 0 radical (unpaired) electrons. The Morgan fingerprint density at radius 2 is 1.52 bits per heavy atom. The lowest BCUT2D eigenvalue weighted by Crippen LogP contribution is -2.10. The van der Waals surface area contributed by atoms with E-state index in [1.165, 1.54) is 11.8 Å². The molecule has 0 rings (SSSR count). The number of hydrogen-bond donors (Lipinski definition) is 0. The van der Waals surface area contributed by atoms with Crippen molar-refractivity contribution in [1.29, 1.82) is 0 Å². The molecule has 4 heteroatoms. The summed E-state index contributed by atoms with van der Waals surface area (Å²) in [6.07, 6.45) is 16.1. The number of hydrogen-bond acceptors (Lipinski definition) is 3. The average molecular weight is 328 g/mol. The largest absolute Gasteiger partial charge is 0.306 e. The van der Waals surface area contributed by atoms with E-state index in [9.17, 15) is 9.59 Å². The monoisotopic (exact) mass is 328 g/mol. The van der Waals surface area contributed by atoms with Gasteiger partial charge in [-0.1, -0.05) is 86.3 Å². The highest BCUT2D eigenvalue weighted by Gasteiger charge is 2.08. The Balaban J connectivity index is 3.92. The fourth-order valence-corrected chi connectivity index (χ4v) is 2.32. The van der Waals surface area contributed by atoms with Crippen LogP contribution < -0.4 is 0 Å². The summed E-state index contributed by atoms with van der Waals surface area (Å²) >= 11 is 1.25. The Morgan fingerprint density at radius 1 is 0.957 bits per heavy atom. The highest BCUT2D eigenvalue weighted by atomic mass is 32.2. The standard InChI is InChI=1S/C19H25BO2S/c1-5-7-9-12-16(3)18(21)20-14-11-15-23-19(22)17(4)13-10-8-6-2/h5-10,12-13,20H,3-4,11,14-15H2,1-2H3/b7-5-,8-6-,12-9-,13-10-. The predicted octanol–water partition coefficient (Wildman–Crippen LogP) is 4.39. The van der Waals surface area contributed by atoms with E-state index in [4.69, 9.17) is 0 Å². The van der Waals surface area contributed by atoms with Crippen LogP contribution in [0.25, 0.3) is 0 Å². The number of carbonyl (C=O) groups excluding carboxylic acids is 2. The molecule has 0 aliphatic heterocycles. The van der Waals surface area contributed by atoms with Crippen molar-refractivity contribution in [3.05, 3.63) is 72.9 Å². The number of thioether (sulfide) groups is 1. The fourth-order valence-electron chi connectivity index (χ4n) is 1.53. The van der Waals surface area contributed by atoms with E-state index in [0.717, 1.165) is 12.7 Å². The van der Waals surface area contributed by atoms with Crippen molar-refractivity contribution in [2.75, 3.05) is 5.75 Å². The highest BCUT2D eigenvalue weighted by Crippen LogP contribution is 2.13. The predicted molar refractivity (Wildman–Crippen MR) is 105 cm³/mol. The van der Waals surface area contributed by atoms with Gasteiger partial charge in [0.1, 0.15) is 5.68 Å². The van der Waals surface area contributed by atoms with Gasteiger partial charge in [0.2, 0.25) is 12.4 Å². The van der Waals surface area contributed by atoms with Gasteiger partial charge in [0.15, 0.2) is 0 Å². The molecule has 0 aromatic carbocycles. The molecule has 0 aliphatic rings. The summed E-state index contributed by atoms with van der Waals surface area (Å²) in [7, 11) is 0.468. The summed E-state index contributed by atoms with van der Waals surface area (Å²) in [6, 6.07) is 0. The van der Waals surface area contributed by atoms with Gasteiger partial charge in [-0.2, -0.15) is 0 Å². The zero-order chi connectivity index (χ0) is 17.5. The first kappa shape index (κ1) is 21.2. The SMILES string of the molecule is C=C(/C=C\C=C/C)C(=O)BCCCSC(=O)C(=C)/C=C\C=C/C. The molecule has 0 saturated heterocycles. The van der Waals surface area contributed by atoms with E-state index in [0.29, 0.717) is 24.2 Å². The highest BCUT2D eigenvalue weighted by molar-refractivity contribution is 8.14. The third-order valence-electron chi connectivity index (χ3n) is 2.85. The Morgan fingerprint density at radius 3 is 2.09 bits per heavy atom. The minimum absolute atomic E-state index is 0.0178. The van der Waals surface area contributed by atoms with Gasteiger partial charge in [-0.05, 0) is 19.4 Å². The third-order valence-corrected chi connectivity index (χ3v) is 3.87. The smallest absolute Gasteiger partial charge is 0.218 e. The summed E-state index contributed by atoms with van der Waals surface area (Å²) < 4.78 is 0. The third kappa shape index (κ3) is 11.4. The van der Waals surface area contributed by atoms with Gasteiger partial charge in [-0.3, -0.25) is 4.79 Å². The van der Waals surface area contributed by atoms with Crippen LogP contribution in [0.3, 0.4) is 0 Å². The van der Waals surface area contributed by atoms with Crippen molar-refractivity contribution in [3.8, 4) is 0 Å². The van der Waals surface area contributed by atoms with Crippen molar-refractivity contribution >= 4 is 29.8 Å². The van der Waals surface area contributed by atoms with E-state index in [1.807, 2.05) is 44.2 Å². The van der Waals surface area contributed by atoms with Gasteiger partial charge < -0.3 is 4.79 Å². The molecular formula is C19H25BO2S. The maximum atomic E-state index is 11.8. The van der Waals surface area contributed by atoms with Gasteiger partial charge in [-0.25, -0.2) is 0 Å². The quantitative estimate of drug-likeness (QED) is 0.244. The van der Waals surface area contributed by atoms with Gasteiger partial charge in [-0.15, -0.1) is 0 Å². The first-order chi connectivity index (χ1) is 11.0. The second-order valence-corrected chi connectivity index (χ2v) is 5.90. The molecule has 122 valence electrons. The molecule has 0 heterocycles. The molecule has 0 aromatic heterocycles. The van der Waals surface area contributed by atoms with Crippen LogP contribution in [-0.2, 0) is 9.59 Å². The van der Waals surface area contributed by atoms with Gasteiger partial charge >= 0.3 is 0 Å². The minimum Gasteiger partial charge on any atom is -0.306 e. The molecule has 0 aliphatic carbocycles. The molecule has 23 heavy (non-hydrogen) atoms. The molecule has 2 nitrogen and oxygen atoms in total. The van der Waals surface area contributed by atoms with Crippen LogP contribution in [0, 0.1) is 0 Å². The Bertz CT molecular complexity index is 492. The lowest BCUT2D eigenvalue weighted by molar-refractivity contribution is -0.109. The summed E-state index contributed by atoms with van der Waals surface area (Å²) in [4.78, 5) is 23.6. The van der Waals surface area contributed by atoms with Crippen LogP contribution in [-0.4, -0.2) is 23.8 Å². The molecule has 0 bridgehead atoms. The van der Waals surface area contributed by atoms with Crippen molar-refractivity contribution in [2.24, 2.45) is 0 Å². The van der Waals surface area contributed by atoms with E-state index in [1.54, 1.807) is 18.2 Å². The maximum absolute atomic E-state index is 11.8. The first-order valence-corrected chi connectivity index (χ1v) is 8.68. The van der Waals surface area contributed by atoms with Crippen molar-refractivity contribution in [3.63, 3.8) is 0 Å². The summed E-state index contributed by atoms with van der Waals surface area (Å²) in [5, 5.41) is -0.0178. The molecule has 0 unspecified atom stereocenters. The van der Waals surface area contributed by atoms with Crippen LogP contribution >= 0.6 is 11.8 Å². The topological polar surface area (TPSA) is 34.1 Å². The Kier molecular flexibility index (Phi) is 12.7. The van der Waals surface area contributed by atoms with E-state index < -0.39 is 0 Å². The van der Waals surface area contributed by atoms with Gasteiger partial charge in [0.05, 0.1) is 0 Å². The molecular weight excluding hydrogens is 303 g/mol. The normalized spacial score (nSPS) is 11.7. The van der Waals surface area contributed by atoms with E-state index in [-0.39, 0.29) is 10.8 Å². The van der Waals surface area contributed by atoms with Crippen LogP contribution in [0.5, 0.6) is 0 Å². The van der Waals surface area contributed by atoms with Gasteiger partial charge in [0.25, 0.3) is 0 Å². The molecule has 0 N–H and O–H groups in total. The van der Waals surface area contributed by atoms with Crippen LogP contribution in [0.4, 0.5) is 0 Å². The summed E-state index contributed by atoms with van der Waals surface area (Å²) in [5.41, 5.74) is 1.07. The number of allylic oxidation sites excluding steroid dienone is 9. The zero-order valence-electron chi connectivity index (χ0n) is 14.1. The van der Waals surface area contributed by atoms with Crippen LogP contribution in [0.2, 0.25) is 6.32 Å². The minimum atomic E-state index is -0.0178. The van der Waals surface area contributed by atoms with Crippen molar-refractivity contribution < 1.29 is 9.59 Å². The second kappa shape index (κ2) is 13.8. The Labute approximate surface area is 145 Å². The van der Waals surface area contributed by atoms with Crippen molar-refractivity contribution in [2.45, 2.75) is 26.6 Å². The van der Waals surface area contributed by atoms with Crippen LogP contribution in [0.15, 0.2) is 72.9 Å². The lowest BCUT2D eigenvalue weighted by Gasteiger charge is -2.01. The lowest BCUT2D eigenvalue weighted by atomic mass is 9.66. The molecule has 0 spiro atoms.